The SMILES string of the molecule is Cc1ccc([N+](=O)[O-])cc1NC(=O)C(C)Oc1ccc(Cl)cc1Cl. The van der Waals surface area contributed by atoms with Crippen LogP contribution in [-0.4, -0.2) is 16.9 Å². The van der Waals surface area contributed by atoms with Crippen LogP contribution in [0.2, 0.25) is 10.0 Å². The zero-order valence-electron chi connectivity index (χ0n) is 12.9. The molecule has 1 atom stereocenters. The summed E-state index contributed by atoms with van der Waals surface area (Å²) < 4.78 is 5.52. The van der Waals surface area contributed by atoms with E-state index in [4.69, 9.17) is 27.9 Å². The number of non-ortho nitro benzene ring substituents is 1. The molecule has 0 aromatic heterocycles. The van der Waals surface area contributed by atoms with Crippen LogP contribution in [0.3, 0.4) is 0 Å². The van der Waals surface area contributed by atoms with E-state index in [1.165, 1.54) is 18.2 Å². The van der Waals surface area contributed by atoms with E-state index in [0.717, 1.165) is 0 Å². The van der Waals surface area contributed by atoms with Gasteiger partial charge in [0.2, 0.25) is 0 Å². The Balaban J connectivity index is 2.11. The molecular weight excluding hydrogens is 355 g/mol. The summed E-state index contributed by atoms with van der Waals surface area (Å²) in [6.07, 6.45) is -0.859. The highest BCUT2D eigenvalue weighted by Crippen LogP contribution is 2.28. The second-order valence-electron chi connectivity index (χ2n) is 5.08. The van der Waals surface area contributed by atoms with Crippen molar-refractivity contribution in [3.05, 3.63) is 62.1 Å². The maximum absolute atomic E-state index is 12.3. The predicted octanol–water partition coefficient (Wildman–Crippen LogP) is 4.62. The minimum absolute atomic E-state index is 0.106. The number of nitrogens with one attached hydrogen (secondary N) is 1. The monoisotopic (exact) mass is 368 g/mol. The molecule has 1 unspecified atom stereocenters. The summed E-state index contributed by atoms with van der Waals surface area (Å²) in [4.78, 5) is 22.6. The van der Waals surface area contributed by atoms with Gasteiger partial charge in [0.25, 0.3) is 11.6 Å². The molecule has 0 fully saturated rings. The first-order valence-corrected chi connectivity index (χ1v) is 7.71. The normalized spacial score (nSPS) is 11.7. The van der Waals surface area contributed by atoms with Crippen molar-refractivity contribution in [2.75, 3.05) is 5.32 Å². The van der Waals surface area contributed by atoms with Crippen molar-refractivity contribution in [3.63, 3.8) is 0 Å². The van der Waals surface area contributed by atoms with Crippen molar-refractivity contribution >= 4 is 40.5 Å². The predicted molar refractivity (Wildman–Crippen MR) is 93.0 cm³/mol. The molecule has 0 bridgehead atoms. The van der Waals surface area contributed by atoms with Gasteiger partial charge < -0.3 is 10.1 Å². The van der Waals surface area contributed by atoms with E-state index in [1.807, 2.05) is 0 Å². The van der Waals surface area contributed by atoms with Gasteiger partial charge in [0.15, 0.2) is 6.10 Å². The van der Waals surface area contributed by atoms with E-state index in [9.17, 15) is 14.9 Å². The molecule has 0 radical (unpaired) electrons. The van der Waals surface area contributed by atoms with Crippen LogP contribution in [0.1, 0.15) is 12.5 Å². The largest absolute Gasteiger partial charge is 0.479 e. The number of ether oxygens (including phenoxy) is 1. The lowest BCUT2D eigenvalue weighted by atomic mass is 10.1. The molecular formula is C16H14Cl2N2O4. The Morgan fingerprint density at radius 2 is 1.96 bits per heavy atom. The van der Waals surface area contributed by atoms with Crippen molar-refractivity contribution in [2.45, 2.75) is 20.0 Å². The number of nitro groups is 1. The molecule has 0 saturated heterocycles. The Hall–Kier alpha value is -2.31. The van der Waals surface area contributed by atoms with Crippen LogP contribution < -0.4 is 10.1 Å². The summed E-state index contributed by atoms with van der Waals surface area (Å²) >= 11 is 11.8. The third-order valence-corrected chi connectivity index (χ3v) is 3.79. The number of carbonyl (C=O) groups excluding carboxylic acids is 1. The molecule has 0 aliphatic heterocycles. The summed E-state index contributed by atoms with van der Waals surface area (Å²) in [6.45, 7) is 3.29. The number of aryl methyl sites for hydroxylation is 1. The third kappa shape index (κ3) is 4.37. The topological polar surface area (TPSA) is 81.5 Å². The number of hydrogen-bond donors (Lipinski definition) is 1. The number of nitro benzene ring substituents is 1. The quantitative estimate of drug-likeness (QED) is 0.616. The number of amides is 1. The highest BCUT2D eigenvalue weighted by Gasteiger charge is 2.18. The standard InChI is InChI=1S/C16H14Cl2N2O4/c1-9-3-5-12(20(22)23)8-14(9)19-16(21)10(2)24-15-6-4-11(17)7-13(15)18/h3-8,10H,1-2H3,(H,19,21). The van der Waals surface area contributed by atoms with Gasteiger partial charge >= 0.3 is 0 Å². The van der Waals surface area contributed by atoms with Gasteiger partial charge in [0.05, 0.1) is 15.6 Å². The Labute approximate surface area is 148 Å². The molecule has 2 aromatic carbocycles. The molecule has 0 spiro atoms. The molecule has 126 valence electrons. The van der Waals surface area contributed by atoms with E-state index in [1.54, 1.807) is 32.0 Å². The van der Waals surface area contributed by atoms with Crippen LogP contribution in [0.15, 0.2) is 36.4 Å². The third-order valence-electron chi connectivity index (χ3n) is 3.26. The zero-order chi connectivity index (χ0) is 17.9. The molecule has 1 amide bonds. The molecule has 2 rings (SSSR count). The first kappa shape index (κ1) is 18.0. The van der Waals surface area contributed by atoms with Crippen LogP contribution in [-0.2, 0) is 4.79 Å². The maximum atomic E-state index is 12.3. The van der Waals surface area contributed by atoms with Gasteiger partial charge in [-0.05, 0) is 37.6 Å². The molecule has 1 N–H and O–H groups in total. The average Bonchev–Trinajstić information content (AvgIpc) is 2.51. The second-order valence-corrected chi connectivity index (χ2v) is 5.92. The van der Waals surface area contributed by atoms with Crippen LogP contribution in [0.25, 0.3) is 0 Å². The summed E-state index contributed by atoms with van der Waals surface area (Å²) in [5.74, 6) is -0.135. The lowest BCUT2D eigenvalue weighted by Crippen LogP contribution is -2.30. The molecule has 0 saturated carbocycles. The molecule has 6 nitrogen and oxygen atoms in total. The van der Waals surface area contributed by atoms with Gasteiger partial charge in [0.1, 0.15) is 5.75 Å². The molecule has 0 heterocycles. The number of benzene rings is 2. The number of hydrogen-bond acceptors (Lipinski definition) is 4. The maximum Gasteiger partial charge on any atom is 0.271 e. The van der Waals surface area contributed by atoms with Gasteiger partial charge in [-0.3, -0.25) is 14.9 Å². The van der Waals surface area contributed by atoms with Crippen molar-refractivity contribution < 1.29 is 14.5 Å². The Morgan fingerprint density at radius 3 is 2.58 bits per heavy atom. The summed E-state index contributed by atoms with van der Waals surface area (Å²) in [5.41, 5.74) is 0.947. The van der Waals surface area contributed by atoms with E-state index in [2.05, 4.69) is 5.32 Å². The van der Waals surface area contributed by atoms with Crippen LogP contribution in [0.5, 0.6) is 5.75 Å². The van der Waals surface area contributed by atoms with E-state index in [-0.39, 0.29) is 10.7 Å². The average molecular weight is 369 g/mol. The number of anilines is 1. The minimum atomic E-state index is -0.859. The highest BCUT2D eigenvalue weighted by molar-refractivity contribution is 6.35. The van der Waals surface area contributed by atoms with Gasteiger partial charge in [-0.1, -0.05) is 29.3 Å². The lowest BCUT2D eigenvalue weighted by molar-refractivity contribution is -0.384. The van der Waals surface area contributed by atoms with Crippen molar-refractivity contribution in [1.82, 2.24) is 0 Å². The van der Waals surface area contributed by atoms with Gasteiger partial charge in [-0.25, -0.2) is 0 Å². The van der Waals surface area contributed by atoms with E-state index >= 15 is 0 Å². The molecule has 0 aliphatic rings. The minimum Gasteiger partial charge on any atom is -0.479 e. The van der Waals surface area contributed by atoms with Crippen molar-refractivity contribution in [2.24, 2.45) is 0 Å². The fourth-order valence-electron chi connectivity index (χ4n) is 1.91. The first-order chi connectivity index (χ1) is 11.3. The Morgan fingerprint density at radius 1 is 1.25 bits per heavy atom. The highest BCUT2D eigenvalue weighted by atomic mass is 35.5. The van der Waals surface area contributed by atoms with Gasteiger partial charge in [-0.15, -0.1) is 0 Å². The number of carbonyl (C=O) groups is 1. The number of halogens is 2. The second kappa shape index (κ2) is 7.51. The fraction of sp³-hybridized carbons (Fsp3) is 0.188. The van der Waals surface area contributed by atoms with Crippen LogP contribution >= 0.6 is 23.2 Å². The number of rotatable bonds is 5. The van der Waals surface area contributed by atoms with Gasteiger partial charge in [0, 0.05) is 17.2 Å². The van der Waals surface area contributed by atoms with Crippen LogP contribution in [0, 0.1) is 17.0 Å². The molecule has 24 heavy (non-hydrogen) atoms. The van der Waals surface area contributed by atoms with E-state index in [0.29, 0.717) is 22.0 Å². The Bertz CT molecular complexity index is 796. The summed E-state index contributed by atoms with van der Waals surface area (Å²) in [7, 11) is 0. The number of nitrogens with zero attached hydrogens (tertiary/aromatic N) is 1. The molecule has 2 aromatic rings. The fourth-order valence-corrected chi connectivity index (χ4v) is 2.36. The van der Waals surface area contributed by atoms with Gasteiger partial charge in [-0.2, -0.15) is 0 Å². The Kier molecular flexibility index (Phi) is 5.64. The summed E-state index contributed by atoms with van der Waals surface area (Å²) in [5, 5.41) is 14.2. The van der Waals surface area contributed by atoms with E-state index < -0.39 is 16.9 Å². The lowest BCUT2D eigenvalue weighted by Gasteiger charge is -2.16. The van der Waals surface area contributed by atoms with Crippen LogP contribution in [0.4, 0.5) is 11.4 Å². The van der Waals surface area contributed by atoms with Crippen molar-refractivity contribution in [3.8, 4) is 5.75 Å². The smallest absolute Gasteiger partial charge is 0.271 e. The van der Waals surface area contributed by atoms with Crippen molar-refractivity contribution in [1.29, 1.82) is 0 Å². The molecule has 0 aliphatic carbocycles. The zero-order valence-corrected chi connectivity index (χ0v) is 14.4. The summed E-state index contributed by atoms with van der Waals surface area (Å²) in [6, 6.07) is 8.90. The molecule has 8 heteroatoms. The first-order valence-electron chi connectivity index (χ1n) is 6.95.